The van der Waals surface area contributed by atoms with Gasteiger partial charge in [0, 0.05) is 23.3 Å². The Balaban J connectivity index is 1.57. The highest BCUT2D eigenvalue weighted by Gasteiger charge is 2.58. The molecule has 2 aromatic rings. The predicted molar refractivity (Wildman–Crippen MR) is 110 cm³/mol. The molecule has 10 heteroatoms. The lowest BCUT2D eigenvalue weighted by Gasteiger charge is -2.29. The highest BCUT2D eigenvalue weighted by molar-refractivity contribution is 8.01. The van der Waals surface area contributed by atoms with E-state index in [2.05, 4.69) is 15.5 Å². The predicted octanol–water partition coefficient (Wildman–Crippen LogP) is 2.10. The van der Waals surface area contributed by atoms with E-state index in [4.69, 9.17) is 14.0 Å². The Kier molecular flexibility index (Phi) is 5.13. The summed E-state index contributed by atoms with van der Waals surface area (Å²) in [6.07, 6.45) is 0.426. The minimum absolute atomic E-state index is 0.210. The molecule has 2 aliphatic rings. The van der Waals surface area contributed by atoms with Crippen LogP contribution >= 0.6 is 11.8 Å². The molecule has 0 spiro atoms. The molecule has 1 N–H and O–H groups in total. The van der Waals surface area contributed by atoms with Crippen LogP contribution in [0.15, 0.2) is 16.7 Å². The lowest BCUT2D eigenvalue weighted by Crippen LogP contribution is -2.52. The van der Waals surface area contributed by atoms with Crippen molar-refractivity contribution in [1.29, 1.82) is 0 Å². The van der Waals surface area contributed by atoms with E-state index < -0.39 is 10.8 Å². The number of rotatable bonds is 6. The fraction of sp³-hybridized carbons (Fsp3) is 0.500. The Labute approximate surface area is 178 Å². The van der Waals surface area contributed by atoms with Gasteiger partial charge in [0.15, 0.2) is 17.3 Å². The van der Waals surface area contributed by atoms with Gasteiger partial charge in [-0.15, -0.1) is 11.8 Å². The number of carbonyl (C=O) groups is 2. The van der Waals surface area contributed by atoms with Gasteiger partial charge in [-0.05, 0) is 26.8 Å². The van der Waals surface area contributed by atoms with Gasteiger partial charge in [0.05, 0.1) is 19.8 Å². The summed E-state index contributed by atoms with van der Waals surface area (Å²) in [7, 11) is 3.04. The Morgan fingerprint density at radius 1 is 1.33 bits per heavy atom. The van der Waals surface area contributed by atoms with Gasteiger partial charge in [-0.2, -0.15) is 4.98 Å². The van der Waals surface area contributed by atoms with E-state index in [0.717, 1.165) is 5.56 Å². The van der Waals surface area contributed by atoms with Crippen molar-refractivity contribution < 1.29 is 23.6 Å². The zero-order valence-corrected chi connectivity index (χ0v) is 18.3. The van der Waals surface area contributed by atoms with E-state index in [9.17, 15) is 9.59 Å². The minimum atomic E-state index is -0.632. The molecule has 2 atom stereocenters. The number of carbonyl (C=O) groups excluding carboxylic acids is 2. The highest BCUT2D eigenvalue weighted by Crippen LogP contribution is 2.58. The molecule has 1 saturated heterocycles. The molecule has 3 heterocycles. The molecule has 0 saturated carbocycles. The van der Waals surface area contributed by atoms with Gasteiger partial charge >= 0.3 is 0 Å². The lowest BCUT2D eigenvalue weighted by molar-refractivity contribution is -0.126. The van der Waals surface area contributed by atoms with Crippen LogP contribution in [-0.2, 0) is 11.2 Å². The van der Waals surface area contributed by atoms with Crippen molar-refractivity contribution in [3.05, 3.63) is 35.0 Å². The second-order valence-corrected chi connectivity index (χ2v) is 9.46. The summed E-state index contributed by atoms with van der Waals surface area (Å²) in [5.74, 6) is 1.48. The number of methoxy groups -OCH3 is 2. The number of hydrogen-bond donors (Lipinski definition) is 1. The van der Waals surface area contributed by atoms with Crippen LogP contribution in [0.1, 0.15) is 46.9 Å². The summed E-state index contributed by atoms with van der Waals surface area (Å²) in [4.78, 5) is 32.3. The standard InChI is InChI=1S/C20H24N4O5S/c1-10-22-13(29-23-10)8-9-21-17(25)16-20(2,3)30-19-11-6-7-12(27-4)15(28-5)14(11)18(26)24(16)19/h6-7,16,19H,8-9H2,1-5H3,(H,21,25)/t16-,19-/m0/s1. The number of nitrogens with one attached hydrogen (secondary N) is 1. The molecule has 1 fully saturated rings. The SMILES string of the molecule is COc1ccc2c(c1OC)C(=O)N1[C@@H](C(=O)NCCc3nc(C)no3)C(C)(C)S[C@@H]21. The number of thioether (sulfide) groups is 1. The van der Waals surface area contributed by atoms with Gasteiger partial charge in [-0.3, -0.25) is 9.59 Å². The fourth-order valence-corrected chi connectivity index (χ4v) is 5.67. The molecule has 0 radical (unpaired) electrons. The molecule has 1 aromatic heterocycles. The first-order chi connectivity index (χ1) is 14.3. The summed E-state index contributed by atoms with van der Waals surface area (Å²) < 4.78 is 15.4. The number of amides is 2. The van der Waals surface area contributed by atoms with Gasteiger partial charge in [0.1, 0.15) is 11.4 Å². The molecule has 0 aliphatic carbocycles. The normalized spacial score (nSPS) is 21.4. The van der Waals surface area contributed by atoms with E-state index in [1.54, 1.807) is 29.7 Å². The van der Waals surface area contributed by atoms with Crippen molar-refractivity contribution in [3.8, 4) is 11.5 Å². The van der Waals surface area contributed by atoms with E-state index in [0.29, 0.717) is 41.7 Å². The smallest absolute Gasteiger partial charge is 0.260 e. The number of aromatic nitrogens is 2. The van der Waals surface area contributed by atoms with Gasteiger partial charge in [0.25, 0.3) is 5.91 Å². The Morgan fingerprint density at radius 3 is 2.73 bits per heavy atom. The van der Waals surface area contributed by atoms with Crippen molar-refractivity contribution in [2.24, 2.45) is 0 Å². The minimum Gasteiger partial charge on any atom is -0.493 e. The van der Waals surface area contributed by atoms with Crippen LogP contribution in [0.2, 0.25) is 0 Å². The Bertz CT molecular complexity index is 1010. The first-order valence-electron chi connectivity index (χ1n) is 9.60. The van der Waals surface area contributed by atoms with Gasteiger partial charge in [0.2, 0.25) is 11.8 Å². The molecule has 2 amide bonds. The van der Waals surface area contributed by atoms with Gasteiger partial charge in [-0.1, -0.05) is 11.2 Å². The summed E-state index contributed by atoms with van der Waals surface area (Å²) >= 11 is 1.59. The second kappa shape index (κ2) is 7.50. The Morgan fingerprint density at radius 2 is 2.10 bits per heavy atom. The highest BCUT2D eigenvalue weighted by atomic mass is 32.2. The summed E-state index contributed by atoms with van der Waals surface area (Å²) in [6.45, 7) is 6.04. The third-order valence-corrected chi connectivity index (χ3v) is 6.89. The number of ether oxygens (including phenoxy) is 2. The molecular weight excluding hydrogens is 408 g/mol. The number of aryl methyl sites for hydroxylation is 1. The molecule has 9 nitrogen and oxygen atoms in total. The number of hydrogen-bond acceptors (Lipinski definition) is 8. The third kappa shape index (κ3) is 3.19. The van der Waals surface area contributed by atoms with E-state index >= 15 is 0 Å². The van der Waals surface area contributed by atoms with Crippen molar-refractivity contribution >= 4 is 23.6 Å². The zero-order chi connectivity index (χ0) is 21.6. The van der Waals surface area contributed by atoms with Crippen LogP contribution in [0.3, 0.4) is 0 Å². The molecule has 0 bridgehead atoms. The average Bonchev–Trinajstić information content (AvgIpc) is 3.32. The molecule has 1 aromatic carbocycles. The van der Waals surface area contributed by atoms with Crippen molar-refractivity contribution in [3.63, 3.8) is 0 Å². The van der Waals surface area contributed by atoms with Crippen LogP contribution in [0.4, 0.5) is 0 Å². The lowest BCUT2D eigenvalue weighted by atomic mass is 10.0. The van der Waals surface area contributed by atoms with E-state index in [-0.39, 0.29) is 17.2 Å². The monoisotopic (exact) mass is 432 g/mol. The molecule has 4 rings (SSSR count). The fourth-order valence-electron chi connectivity index (χ4n) is 4.09. The average molecular weight is 433 g/mol. The number of benzene rings is 1. The molecule has 0 unspecified atom stereocenters. The third-order valence-electron chi connectivity index (χ3n) is 5.35. The summed E-state index contributed by atoms with van der Waals surface area (Å²) in [6, 6.07) is 3.04. The molecule has 2 aliphatic heterocycles. The first kappa shape index (κ1) is 20.5. The van der Waals surface area contributed by atoms with Crippen LogP contribution in [-0.4, -0.2) is 58.4 Å². The zero-order valence-electron chi connectivity index (χ0n) is 17.5. The number of fused-ring (bicyclic) bond motifs is 3. The summed E-state index contributed by atoms with van der Waals surface area (Å²) in [5.41, 5.74) is 1.30. The Hall–Kier alpha value is -2.75. The van der Waals surface area contributed by atoms with Crippen LogP contribution < -0.4 is 14.8 Å². The quantitative estimate of drug-likeness (QED) is 0.740. The van der Waals surface area contributed by atoms with Crippen molar-refractivity contribution in [2.75, 3.05) is 20.8 Å². The maximum absolute atomic E-state index is 13.4. The van der Waals surface area contributed by atoms with Crippen LogP contribution in [0.25, 0.3) is 0 Å². The van der Waals surface area contributed by atoms with E-state index in [1.165, 1.54) is 14.2 Å². The molecule has 160 valence electrons. The van der Waals surface area contributed by atoms with Gasteiger partial charge in [-0.25, -0.2) is 0 Å². The molecular formula is C20H24N4O5S. The first-order valence-corrected chi connectivity index (χ1v) is 10.5. The topological polar surface area (TPSA) is 107 Å². The largest absolute Gasteiger partial charge is 0.493 e. The molecule has 30 heavy (non-hydrogen) atoms. The van der Waals surface area contributed by atoms with Crippen LogP contribution in [0.5, 0.6) is 11.5 Å². The number of nitrogens with zero attached hydrogens (tertiary/aromatic N) is 3. The summed E-state index contributed by atoms with van der Waals surface area (Å²) in [5, 5.41) is 6.41. The van der Waals surface area contributed by atoms with Gasteiger partial charge < -0.3 is 24.2 Å². The van der Waals surface area contributed by atoms with Crippen molar-refractivity contribution in [1.82, 2.24) is 20.4 Å². The maximum Gasteiger partial charge on any atom is 0.260 e. The second-order valence-electron chi connectivity index (χ2n) is 7.73. The maximum atomic E-state index is 13.4. The van der Waals surface area contributed by atoms with Crippen LogP contribution in [0, 0.1) is 6.92 Å². The van der Waals surface area contributed by atoms with Crippen molar-refractivity contribution in [2.45, 2.75) is 43.4 Å². The van der Waals surface area contributed by atoms with E-state index in [1.807, 2.05) is 19.9 Å².